The second-order valence-electron chi connectivity index (χ2n) is 9.02. The number of allylic oxidation sites excluding steroid dienone is 4. The average molecular weight is 337 g/mol. The lowest BCUT2D eigenvalue weighted by Crippen LogP contribution is -2.41. The van der Waals surface area contributed by atoms with Gasteiger partial charge >= 0.3 is 0 Å². The predicted octanol–water partition coefficient (Wildman–Crippen LogP) is 2.36. The third-order valence-electron chi connectivity index (χ3n) is 8.28. The van der Waals surface area contributed by atoms with Gasteiger partial charge in [-0.3, -0.25) is 19.3 Å². The van der Waals surface area contributed by atoms with Gasteiger partial charge in [-0.25, -0.2) is 0 Å². The third-order valence-corrected chi connectivity index (χ3v) is 8.28. The molecule has 0 radical (unpaired) electrons. The highest BCUT2D eigenvalue weighted by molar-refractivity contribution is 6.09. The van der Waals surface area contributed by atoms with Crippen molar-refractivity contribution >= 4 is 17.6 Å². The molecule has 5 aliphatic carbocycles. The molecule has 1 heterocycles. The zero-order valence-electron chi connectivity index (χ0n) is 14.5. The van der Waals surface area contributed by atoms with E-state index in [0.29, 0.717) is 17.6 Å². The normalized spacial score (nSPS) is 49.6. The zero-order chi connectivity index (χ0) is 17.0. The maximum atomic E-state index is 13.4. The van der Waals surface area contributed by atoms with Gasteiger partial charge in [0, 0.05) is 18.9 Å². The molecule has 0 aromatic rings. The quantitative estimate of drug-likeness (QED) is 0.504. The Morgan fingerprint density at radius 1 is 0.920 bits per heavy atom. The number of rotatable bonds is 0. The van der Waals surface area contributed by atoms with Crippen LogP contribution in [0, 0.1) is 47.3 Å². The number of imide groups is 1. The smallest absolute Gasteiger partial charge is 0.233 e. The van der Waals surface area contributed by atoms with Crippen molar-refractivity contribution in [2.45, 2.75) is 32.1 Å². The number of carbonyl (C=O) groups is 3. The molecule has 1 saturated heterocycles. The van der Waals surface area contributed by atoms with Gasteiger partial charge in [-0.1, -0.05) is 24.1 Å². The minimum absolute atomic E-state index is 0.00745. The van der Waals surface area contributed by atoms with Crippen LogP contribution < -0.4 is 0 Å². The lowest BCUT2D eigenvalue weighted by molar-refractivity contribution is -0.138. The maximum Gasteiger partial charge on any atom is 0.233 e. The lowest BCUT2D eigenvalue weighted by atomic mass is 9.59. The summed E-state index contributed by atoms with van der Waals surface area (Å²) in [4.78, 5) is 40.7. The van der Waals surface area contributed by atoms with Crippen molar-refractivity contribution in [3.05, 3.63) is 23.3 Å². The number of nitrogens with zero attached hydrogens (tertiary/aromatic N) is 1. The fourth-order valence-electron chi connectivity index (χ4n) is 7.48. The Bertz CT molecular complexity index is 793. The predicted molar refractivity (Wildman–Crippen MR) is 90.0 cm³/mol. The van der Waals surface area contributed by atoms with E-state index in [1.807, 2.05) is 0 Å². The van der Waals surface area contributed by atoms with Crippen LogP contribution in [0.15, 0.2) is 23.3 Å². The summed E-state index contributed by atoms with van der Waals surface area (Å²) in [6.07, 6.45) is 9.72. The highest BCUT2D eigenvalue weighted by Gasteiger charge is 2.67. The Hall–Kier alpha value is -1.71. The molecular formula is C21H23NO3. The van der Waals surface area contributed by atoms with E-state index >= 15 is 0 Å². The van der Waals surface area contributed by atoms with E-state index in [2.05, 4.69) is 12.2 Å². The number of carbonyl (C=O) groups excluding carboxylic acids is 3. The maximum absolute atomic E-state index is 13.4. The van der Waals surface area contributed by atoms with Gasteiger partial charge in [0.2, 0.25) is 11.8 Å². The first kappa shape index (κ1) is 14.5. The van der Waals surface area contributed by atoms with Crippen LogP contribution in [0.5, 0.6) is 0 Å². The molecule has 4 nitrogen and oxygen atoms in total. The Morgan fingerprint density at radius 3 is 2.52 bits per heavy atom. The van der Waals surface area contributed by atoms with Crippen LogP contribution in [0.3, 0.4) is 0 Å². The van der Waals surface area contributed by atoms with Crippen molar-refractivity contribution < 1.29 is 14.4 Å². The Kier molecular flexibility index (Phi) is 2.61. The standard InChI is InChI=1S/C21H23NO3/c1-22-20(24)16-12-5-3-2-4-11(12)15-17(18(16)21(22)25)13-9-6-7-10(8-9)14(13)19(15)23/h6-7,9-10,12-14,16-18H,2-5,8H2,1H3/t9-,10+,12+,13+,14-,16+,17-,18+/m1/s1. The monoisotopic (exact) mass is 337 g/mol. The molecule has 0 aromatic heterocycles. The first-order valence-electron chi connectivity index (χ1n) is 9.86. The molecule has 2 amide bonds. The molecule has 0 unspecified atom stereocenters. The van der Waals surface area contributed by atoms with Crippen molar-refractivity contribution in [1.29, 1.82) is 0 Å². The van der Waals surface area contributed by atoms with E-state index in [1.54, 1.807) is 7.05 Å². The third kappa shape index (κ3) is 1.50. The van der Waals surface area contributed by atoms with Crippen LogP contribution in [0.25, 0.3) is 0 Å². The second kappa shape index (κ2) is 4.52. The molecule has 4 heteroatoms. The second-order valence-corrected chi connectivity index (χ2v) is 9.02. The molecule has 8 atom stereocenters. The number of hydrogen-bond donors (Lipinski definition) is 0. The Morgan fingerprint density at radius 2 is 1.68 bits per heavy atom. The molecule has 2 bridgehead atoms. The number of hydrogen-bond acceptors (Lipinski definition) is 3. The van der Waals surface area contributed by atoms with Crippen LogP contribution >= 0.6 is 0 Å². The molecule has 6 aliphatic rings. The van der Waals surface area contributed by atoms with Crippen LogP contribution in [-0.4, -0.2) is 29.5 Å². The fourth-order valence-corrected chi connectivity index (χ4v) is 7.48. The van der Waals surface area contributed by atoms with Crippen LogP contribution in [-0.2, 0) is 14.4 Å². The first-order chi connectivity index (χ1) is 12.1. The summed E-state index contributed by atoms with van der Waals surface area (Å²) >= 11 is 0. The van der Waals surface area contributed by atoms with Crippen LogP contribution in [0.2, 0.25) is 0 Å². The number of amides is 2. The molecular weight excluding hydrogens is 314 g/mol. The number of Topliss-reactive ketones (excluding diaryl/α,β-unsaturated/α-hetero) is 1. The van der Waals surface area contributed by atoms with Gasteiger partial charge in [-0.2, -0.15) is 0 Å². The molecule has 3 saturated carbocycles. The van der Waals surface area contributed by atoms with E-state index in [4.69, 9.17) is 0 Å². The summed E-state index contributed by atoms with van der Waals surface area (Å²) < 4.78 is 0. The molecule has 25 heavy (non-hydrogen) atoms. The molecule has 0 aromatic carbocycles. The van der Waals surface area contributed by atoms with E-state index in [-0.39, 0.29) is 47.3 Å². The average Bonchev–Trinajstić information content (AvgIpc) is 3.35. The number of likely N-dealkylation sites (tertiary alicyclic amines) is 1. The van der Waals surface area contributed by atoms with E-state index in [1.165, 1.54) is 10.5 Å². The first-order valence-corrected chi connectivity index (χ1v) is 9.86. The Balaban J connectivity index is 1.58. The summed E-state index contributed by atoms with van der Waals surface area (Å²) in [6.45, 7) is 0. The van der Waals surface area contributed by atoms with Gasteiger partial charge < -0.3 is 0 Å². The van der Waals surface area contributed by atoms with E-state index in [9.17, 15) is 14.4 Å². The summed E-state index contributed by atoms with van der Waals surface area (Å²) in [5.41, 5.74) is 2.28. The molecule has 1 aliphatic heterocycles. The largest absolute Gasteiger partial charge is 0.294 e. The highest BCUT2D eigenvalue weighted by Crippen LogP contribution is 2.65. The number of fused-ring (bicyclic) bond motifs is 11. The van der Waals surface area contributed by atoms with E-state index in [0.717, 1.165) is 37.7 Å². The highest BCUT2D eigenvalue weighted by atomic mass is 16.2. The summed E-state index contributed by atoms with van der Waals surface area (Å²) in [7, 11) is 1.64. The minimum Gasteiger partial charge on any atom is -0.294 e. The van der Waals surface area contributed by atoms with Crippen molar-refractivity contribution in [2.75, 3.05) is 7.05 Å². The van der Waals surface area contributed by atoms with Crippen molar-refractivity contribution in [3.63, 3.8) is 0 Å². The molecule has 130 valence electrons. The van der Waals surface area contributed by atoms with E-state index < -0.39 is 0 Å². The molecule has 6 rings (SSSR count). The molecule has 0 N–H and O–H groups in total. The Labute approximate surface area is 147 Å². The van der Waals surface area contributed by atoms with Crippen molar-refractivity contribution in [1.82, 2.24) is 4.90 Å². The summed E-state index contributed by atoms with van der Waals surface area (Å²) in [6, 6.07) is 0. The summed E-state index contributed by atoms with van der Waals surface area (Å²) in [5.74, 6) is 1.14. The van der Waals surface area contributed by atoms with Crippen LogP contribution in [0.4, 0.5) is 0 Å². The van der Waals surface area contributed by atoms with Crippen molar-refractivity contribution in [2.24, 2.45) is 47.3 Å². The van der Waals surface area contributed by atoms with Gasteiger partial charge in [0.25, 0.3) is 0 Å². The zero-order valence-corrected chi connectivity index (χ0v) is 14.5. The van der Waals surface area contributed by atoms with Crippen molar-refractivity contribution in [3.8, 4) is 0 Å². The van der Waals surface area contributed by atoms with Crippen LogP contribution in [0.1, 0.15) is 32.1 Å². The molecule has 0 spiro atoms. The molecule has 4 fully saturated rings. The van der Waals surface area contributed by atoms with Gasteiger partial charge in [0.05, 0.1) is 11.8 Å². The lowest BCUT2D eigenvalue weighted by Gasteiger charge is -2.42. The van der Waals surface area contributed by atoms with Gasteiger partial charge in [0.15, 0.2) is 5.78 Å². The topological polar surface area (TPSA) is 54.5 Å². The minimum atomic E-state index is -0.272. The number of ketones is 1. The summed E-state index contributed by atoms with van der Waals surface area (Å²) in [5, 5.41) is 0. The fraction of sp³-hybridized carbons (Fsp3) is 0.667. The van der Waals surface area contributed by atoms with Gasteiger partial charge in [0.1, 0.15) is 0 Å². The van der Waals surface area contributed by atoms with Gasteiger partial charge in [-0.15, -0.1) is 0 Å². The SMILES string of the molecule is CN1C(=O)[C@@H]2[C@H]3C(=C4CCCC[C@@H]4[C@@H]2C1=O)C(=O)[C@H]1[C@@H]3[C@@H]2C=C[C@H]1C2. The van der Waals surface area contributed by atoms with Gasteiger partial charge in [-0.05, 0) is 54.9 Å².